The third-order valence-corrected chi connectivity index (χ3v) is 4.94. The topological polar surface area (TPSA) is 63.2 Å². The van der Waals surface area contributed by atoms with Crippen LogP contribution in [-0.4, -0.2) is 20.5 Å². The maximum atomic E-state index is 13.9. The summed E-state index contributed by atoms with van der Waals surface area (Å²) >= 11 is 0.910. The maximum Gasteiger partial charge on any atom is 0.229 e. The Balaban J connectivity index is 0.00000117. The molecule has 0 radical (unpaired) electrons. The number of carbonyl (C=O) groups is 1. The van der Waals surface area contributed by atoms with E-state index in [-0.39, 0.29) is 16.4 Å². The molecule has 0 spiro atoms. The molecule has 2 aromatic rings. The summed E-state index contributed by atoms with van der Waals surface area (Å²) in [5.41, 5.74) is 1.21. The molecule has 0 atom stereocenters. The number of hydrogen-bond acceptors (Lipinski definition) is 4. The average molecular weight is 397 g/mol. The Morgan fingerprint density at radius 1 is 1.00 bits per heavy atom. The van der Waals surface area contributed by atoms with Crippen LogP contribution < -0.4 is 4.72 Å². The lowest BCUT2D eigenvalue weighted by molar-refractivity contribution is 0.105. The van der Waals surface area contributed by atoms with Gasteiger partial charge in [0.05, 0.1) is 11.9 Å². The Bertz CT molecular complexity index is 986. The van der Waals surface area contributed by atoms with Gasteiger partial charge in [-0.2, -0.15) is 0 Å². The standard InChI is InChI=1S/C16H11F2NO3S2.C2H6/c1-24(21,22)19-13-6-9-2-4-14(20)11(9)8-16(13)23-15-5-3-10(17)7-12(15)18;1-2/h2-8,19H,1H3;1-2H3. The van der Waals surface area contributed by atoms with Crippen LogP contribution in [0, 0.1) is 11.6 Å². The molecular weight excluding hydrogens is 380 g/mol. The highest BCUT2D eigenvalue weighted by Crippen LogP contribution is 2.38. The fourth-order valence-corrected chi connectivity index (χ4v) is 3.80. The van der Waals surface area contributed by atoms with Gasteiger partial charge in [0.15, 0.2) is 5.78 Å². The van der Waals surface area contributed by atoms with E-state index in [4.69, 9.17) is 0 Å². The first-order valence-corrected chi connectivity index (χ1v) is 10.4. The number of carbonyl (C=O) groups excluding carboxylic acids is 1. The zero-order valence-corrected chi connectivity index (χ0v) is 16.0. The van der Waals surface area contributed by atoms with Crippen molar-refractivity contribution in [2.24, 2.45) is 0 Å². The third-order valence-electron chi connectivity index (χ3n) is 3.24. The van der Waals surface area contributed by atoms with E-state index in [0.717, 1.165) is 30.2 Å². The summed E-state index contributed by atoms with van der Waals surface area (Å²) in [6, 6.07) is 6.12. The number of fused-ring (bicyclic) bond motifs is 1. The van der Waals surface area contributed by atoms with Gasteiger partial charge < -0.3 is 0 Å². The molecule has 0 bridgehead atoms. The number of allylic oxidation sites excluding steroid dienone is 1. The van der Waals surface area contributed by atoms with Crippen LogP contribution in [0.2, 0.25) is 0 Å². The molecule has 0 unspecified atom stereocenters. The molecular formula is C18H17F2NO3S2. The second-order valence-electron chi connectivity index (χ2n) is 5.18. The van der Waals surface area contributed by atoms with Crippen molar-refractivity contribution in [2.75, 3.05) is 11.0 Å². The molecule has 26 heavy (non-hydrogen) atoms. The lowest BCUT2D eigenvalue weighted by Crippen LogP contribution is -2.11. The molecule has 0 aliphatic heterocycles. The van der Waals surface area contributed by atoms with Gasteiger partial charge in [-0.3, -0.25) is 9.52 Å². The molecule has 8 heteroatoms. The smallest absolute Gasteiger partial charge is 0.229 e. The van der Waals surface area contributed by atoms with Crippen molar-refractivity contribution in [2.45, 2.75) is 23.6 Å². The van der Waals surface area contributed by atoms with Gasteiger partial charge >= 0.3 is 0 Å². The van der Waals surface area contributed by atoms with Crippen LogP contribution in [0.15, 0.2) is 46.2 Å². The van der Waals surface area contributed by atoms with E-state index in [1.807, 2.05) is 13.8 Å². The molecule has 0 saturated carbocycles. The summed E-state index contributed by atoms with van der Waals surface area (Å²) in [5, 5.41) is 0. The summed E-state index contributed by atoms with van der Waals surface area (Å²) < 4.78 is 52.4. The minimum Gasteiger partial charge on any atom is -0.289 e. The van der Waals surface area contributed by atoms with E-state index >= 15 is 0 Å². The third kappa shape index (κ3) is 4.70. The second-order valence-corrected chi connectivity index (χ2v) is 8.02. The molecule has 4 nitrogen and oxygen atoms in total. The number of anilines is 1. The van der Waals surface area contributed by atoms with Crippen LogP contribution >= 0.6 is 11.8 Å². The molecule has 1 N–H and O–H groups in total. The number of nitrogens with one attached hydrogen (secondary N) is 1. The van der Waals surface area contributed by atoms with E-state index < -0.39 is 21.7 Å². The number of sulfonamides is 1. The van der Waals surface area contributed by atoms with Crippen LogP contribution in [0.4, 0.5) is 14.5 Å². The Hall–Kier alpha value is -2.19. The van der Waals surface area contributed by atoms with Crippen molar-refractivity contribution in [1.29, 1.82) is 0 Å². The van der Waals surface area contributed by atoms with E-state index in [2.05, 4.69) is 4.72 Å². The zero-order valence-electron chi connectivity index (χ0n) is 14.3. The summed E-state index contributed by atoms with van der Waals surface area (Å²) in [5.74, 6) is -1.69. The Morgan fingerprint density at radius 3 is 2.31 bits per heavy atom. The van der Waals surface area contributed by atoms with Crippen molar-refractivity contribution < 1.29 is 22.0 Å². The van der Waals surface area contributed by atoms with Gasteiger partial charge in [-0.15, -0.1) is 0 Å². The van der Waals surface area contributed by atoms with Gasteiger partial charge in [-0.05, 0) is 35.9 Å². The maximum absolute atomic E-state index is 13.9. The van der Waals surface area contributed by atoms with Crippen LogP contribution in [0.5, 0.6) is 0 Å². The summed E-state index contributed by atoms with van der Waals surface area (Å²) in [6.45, 7) is 4.00. The fraction of sp³-hybridized carbons (Fsp3) is 0.167. The minimum atomic E-state index is -3.57. The van der Waals surface area contributed by atoms with Gasteiger partial charge in [0.25, 0.3) is 0 Å². The van der Waals surface area contributed by atoms with Gasteiger partial charge in [0.1, 0.15) is 11.6 Å². The number of halogens is 2. The number of ketones is 1. The second kappa shape index (κ2) is 8.01. The van der Waals surface area contributed by atoms with Crippen LogP contribution in [0.3, 0.4) is 0 Å². The molecule has 1 aliphatic rings. The lowest BCUT2D eigenvalue weighted by atomic mass is 10.1. The number of rotatable bonds is 4. The molecule has 2 aromatic carbocycles. The van der Waals surface area contributed by atoms with E-state index in [1.165, 1.54) is 24.3 Å². The predicted octanol–water partition coefficient (Wildman–Crippen LogP) is 4.72. The molecule has 138 valence electrons. The molecule has 0 aromatic heterocycles. The first-order valence-electron chi connectivity index (χ1n) is 7.74. The first-order chi connectivity index (χ1) is 12.2. The van der Waals surface area contributed by atoms with Crippen molar-refractivity contribution in [3.05, 3.63) is 59.2 Å². The first kappa shape index (κ1) is 20.1. The van der Waals surface area contributed by atoms with E-state index in [9.17, 15) is 22.0 Å². The highest BCUT2D eigenvalue weighted by molar-refractivity contribution is 7.99. The Morgan fingerprint density at radius 2 is 1.69 bits per heavy atom. The largest absolute Gasteiger partial charge is 0.289 e. The molecule has 1 aliphatic carbocycles. The molecule has 0 saturated heterocycles. The fourth-order valence-electron chi connectivity index (χ4n) is 2.24. The summed E-state index contributed by atoms with van der Waals surface area (Å²) in [6.07, 6.45) is 3.95. The van der Waals surface area contributed by atoms with Crippen molar-refractivity contribution in [1.82, 2.24) is 0 Å². The molecule has 3 rings (SSSR count). The normalized spacial score (nSPS) is 12.4. The van der Waals surface area contributed by atoms with Crippen molar-refractivity contribution in [3.8, 4) is 0 Å². The quantitative estimate of drug-likeness (QED) is 0.811. The van der Waals surface area contributed by atoms with Crippen molar-refractivity contribution >= 4 is 39.3 Å². The van der Waals surface area contributed by atoms with Crippen LogP contribution in [0.25, 0.3) is 6.08 Å². The van der Waals surface area contributed by atoms with Crippen LogP contribution in [-0.2, 0) is 10.0 Å². The SMILES string of the molecule is CC.CS(=O)(=O)Nc1cc2c(cc1Sc1ccc(F)cc1F)C(=O)C=C2. The number of hydrogen-bond donors (Lipinski definition) is 1. The highest BCUT2D eigenvalue weighted by atomic mass is 32.2. The molecule has 0 fully saturated rings. The Kier molecular flexibility index (Phi) is 6.20. The van der Waals surface area contributed by atoms with E-state index in [0.29, 0.717) is 16.0 Å². The van der Waals surface area contributed by atoms with Gasteiger partial charge in [-0.25, -0.2) is 17.2 Å². The monoisotopic (exact) mass is 397 g/mol. The van der Waals surface area contributed by atoms with Crippen molar-refractivity contribution in [3.63, 3.8) is 0 Å². The van der Waals surface area contributed by atoms with Crippen LogP contribution in [0.1, 0.15) is 29.8 Å². The van der Waals surface area contributed by atoms with Gasteiger partial charge in [-0.1, -0.05) is 31.7 Å². The average Bonchev–Trinajstić information content (AvgIpc) is 2.91. The number of benzene rings is 2. The van der Waals surface area contributed by atoms with E-state index in [1.54, 1.807) is 6.08 Å². The lowest BCUT2D eigenvalue weighted by Gasteiger charge is -2.13. The zero-order chi connectivity index (χ0) is 19.5. The summed E-state index contributed by atoms with van der Waals surface area (Å²) in [4.78, 5) is 12.3. The Labute approximate surface area is 155 Å². The molecule has 0 heterocycles. The minimum absolute atomic E-state index is 0.117. The predicted molar refractivity (Wildman–Crippen MR) is 100 cm³/mol. The summed E-state index contributed by atoms with van der Waals surface area (Å²) in [7, 11) is -3.57. The highest BCUT2D eigenvalue weighted by Gasteiger charge is 2.20. The van der Waals surface area contributed by atoms with Gasteiger partial charge in [0, 0.05) is 21.4 Å². The molecule has 0 amide bonds. The van der Waals surface area contributed by atoms with Gasteiger partial charge in [0.2, 0.25) is 10.0 Å².